The summed E-state index contributed by atoms with van der Waals surface area (Å²) >= 11 is 3.50. The van der Waals surface area contributed by atoms with Gasteiger partial charge in [0.25, 0.3) is 0 Å². The summed E-state index contributed by atoms with van der Waals surface area (Å²) in [4.78, 5) is 13.8. The maximum atomic E-state index is 13.8. The molecule has 1 aromatic rings. The Morgan fingerprint density at radius 2 is 1.68 bits per heavy atom. The molecule has 6 rings (SSSR count). The summed E-state index contributed by atoms with van der Waals surface area (Å²) in [5.41, 5.74) is -0.635. The monoisotopic (exact) mass is 438 g/mol. The zero-order chi connectivity index (χ0) is 19.7. The first kappa shape index (κ1) is 18.2. The van der Waals surface area contributed by atoms with E-state index in [0.717, 1.165) is 29.3 Å². The average Bonchev–Trinajstić information content (AvgIpc) is 3.35. The van der Waals surface area contributed by atoms with E-state index in [0.29, 0.717) is 23.5 Å². The number of ether oxygens (including phenoxy) is 1. The van der Waals surface area contributed by atoms with Crippen molar-refractivity contribution < 1.29 is 9.53 Å². The van der Waals surface area contributed by atoms with Crippen LogP contribution in [0.2, 0.25) is 0 Å². The third-order valence-electron chi connectivity index (χ3n) is 7.95. The smallest absolute Gasteiger partial charge is 0.161 e. The van der Waals surface area contributed by atoms with Crippen LogP contribution in [0.25, 0.3) is 0 Å². The summed E-state index contributed by atoms with van der Waals surface area (Å²) in [6.07, 6.45) is 6.73. The molecule has 0 aliphatic heterocycles. The Balaban J connectivity index is 1.50. The lowest BCUT2D eigenvalue weighted by atomic mass is 9.48. The van der Waals surface area contributed by atoms with Crippen molar-refractivity contribution in [2.24, 2.45) is 34.5 Å². The van der Waals surface area contributed by atoms with Crippen molar-refractivity contribution >= 4 is 21.7 Å². The maximum absolute atomic E-state index is 13.8. The van der Waals surface area contributed by atoms with Gasteiger partial charge in [-0.1, -0.05) is 6.07 Å². The molecule has 144 valence electrons. The van der Waals surface area contributed by atoms with Crippen LogP contribution in [0.1, 0.15) is 50.0 Å². The number of halogens is 1. The van der Waals surface area contributed by atoms with E-state index in [4.69, 9.17) is 4.74 Å². The van der Waals surface area contributed by atoms with E-state index in [1.54, 1.807) is 7.11 Å². The third kappa shape index (κ3) is 2.35. The van der Waals surface area contributed by atoms with E-state index in [9.17, 15) is 15.3 Å². The summed E-state index contributed by atoms with van der Waals surface area (Å²) in [5, 5.41) is 19.8. The number of benzene rings is 1. The normalized spacial score (nSPS) is 39.1. The lowest BCUT2D eigenvalue weighted by Crippen LogP contribution is -2.50. The molecule has 0 amide bonds. The van der Waals surface area contributed by atoms with Crippen LogP contribution < -0.4 is 4.74 Å². The predicted molar refractivity (Wildman–Crippen MR) is 106 cm³/mol. The molecular formula is C23H23BrN2O2. The Morgan fingerprint density at radius 1 is 1.11 bits per heavy atom. The molecule has 5 aliphatic rings. The van der Waals surface area contributed by atoms with E-state index in [-0.39, 0.29) is 17.1 Å². The van der Waals surface area contributed by atoms with Crippen molar-refractivity contribution in [1.29, 1.82) is 10.5 Å². The molecule has 0 N–H and O–H groups in total. The standard InChI is InChI=1S/C23H23BrN2O2/c1-28-18-3-2-16(7-17(18)24)19-20(23(19,11-25)12-26)21(27)22-8-13-4-14(9-22)6-15(5-13)10-22/h2-3,7,13-15,19-20H,4-6,8-10H2,1H3/t13?,14?,15?,19-,20-,22?/m1/s1. The van der Waals surface area contributed by atoms with Gasteiger partial charge < -0.3 is 4.74 Å². The molecule has 0 aromatic heterocycles. The second-order valence-electron chi connectivity index (χ2n) is 9.50. The summed E-state index contributed by atoms with van der Waals surface area (Å²) in [6, 6.07) is 10.1. The van der Waals surface area contributed by atoms with E-state index in [1.807, 2.05) is 18.2 Å². The number of carbonyl (C=O) groups is 1. The van der Waals surface area contributed by atoms with Gasteiger partial charge in [0.05, 0.1) is 29.6 Å². The van der Waals surface area contributed by atoms with Gasteiger partial charge in [0, 0.05) is 11.3 Å². The highest BCUT2D eigenvalue weighted by Crippen LogP contribution is 2.70. The van der Waals surface area contributed by atoms with Crippen LogP contribution in [-0.4, -0.2) is 12.9 Å². The first-order valence-electron chi connectivity index (χ1n) is 10.2. The minimum absolute atomic E-state index is 0.201. The fourth-order valence-corrected chi connectivity index (χ4v) is 7.68. The van der Waals surface area contributed by atoms with Gasteiger partial charge in [-0.15, -0.1) is 0 Å². The Labute approximate surface area is 174 Å². The highest BCUT2D eigenvalue weighted by Gasteiger charge is 2.73. The number of ketones is 1. The van der Waals surface area contributed by atoms with Crippen LogP contribution >= 0.6 is 15.9 Å². The minimum atomic E-state index is -1.23. The van der Waals surface area contributed by atoms with Crippen LogP contribution in [-0.2, 0) is 4.79 Å². The number of Topliss-reactive ketones (excluding diaryl/α,β-unsaturated/α-hetero) is 1. The zero-order valence-corrected chi connectivity index (χ0v) is 17.5. The molecule has 0 unspecified atom stereocenters. The summed E-state index contributed by atoms with van der Waals surface area (Å²) < 4.78 is 6.08. The molecule has 4 nitrogen and oxygen atoms in total. The lowest BCUT2D eigenvalue weighted by molar-refractivity contribution is -0.145. The highest BCUT2D eigenvalue weighted by molar-refractivity contribution is 9.10. The van der Waals surface area contributed by atoms with Gasteiger partial charge in [-0.25, -0.2) is 0 Å². The van der Waals surface area contributed by atoms with Gasteiger partial charge in [-0.3, -0.25) is 4.79 Å². The molecule has 28 heavy (non-hydrogen) atoms. The molecule has 0 spiro atoms. The summed E-state index contributed by atoms with van der Waals surface area (Å²) in [7, 11) is 1.60. The molecule has 0 saturated heterocycles. The van der Waals surface area contributed by atoms with Gasteiger partial charge in [0.15, 0.2) is 5.41 Å². The van der Waals surface area contributed by atoms with Crippen molar-refractivity contribution in [3.8, 4) is 17.9 Å². The Kier molecular flexibility index (Phi) is 3.95. The van der Waals surface area contributed by atoms with E-state index in [1.165, 1.54) is 19.3 Å². The molecule has 4 bridgehead atoms. The fraction of sp³-hybridized carbons (Fsp3) is 0.609. The Bertz CT molecular complexity index is 892. The largest absolute Gasteiger partial charge is 0.496 e. The van der Waals surface area contributed by atoms with E-state index < -0.39 is 11.3 Å². The number of rotatable bonds is 4. The topological polar surface area (TPSA) is 73.9 Å². The maximum Gasteiger partial charge on any atom is 0.161 e. The Hall–Kier alpha value is -1.85. The van der Waals surface area contributed by atoms with Gasteiger partial charge in [0.2, 0.25) is 0 Å². The van der Waals surface area contributed by atoms with Crippen LogP contribution in [0.5, 0.6) is 5.75 Å². The summed E-state index contributed by atoms with van der Waals surface area (Å²) in [5.74, 6) is 2.06. The molecule has 5 saturated carbocycles. The average molecular weight is 439 g/mol. The quantitative estimate of drug-likeness (QED) is 0.663. The second kappa shape index (κ2) is 6.07. The molecule has 0 radical (unpaired) electrons. The van der Waals surface area contributed by atoms with E-state index in [2.05, 4.69) is 28.1 Å². The molecule has 1 aromatic carbocycles. The first-order chi connectivity index (χ1) is 13.5. The van der Waals surface area contributed by atoms with Crippen LogP contribution in [0.3, 0.4) is 0 Å². The van der Waals surface area contributed by atoms with Crippen LogP contribution in [0.15, 0.2) is 22.7 Å². The van der Waals surface area contributed by atoms with Crippen LogP contribution in [0.4, 0.5) is 0 Å². The third-order valence-corrected chi connectivity index (χ3v) is 8.57. The number of carbonyl (C=O) groups excluding carboxylic acids is 1. The summed E-state index contributed by atoms with van der Waals surface area (Å²) in [6.45, 7) is 0. The lowest BCUT2D eigenvalue weighted by Gasteiger charge is -2.56. The number of nitrogens with zero attached hydrogens (tertiary/aromatic N) is 2. The van der Waals surface area contributed by atoms with Gasteiger partial charge in [0.1, 0.15) is 11.5 Å². The number of hydrogen-bond acceptors (Lipinski definition) is 4. The van der Waals surface area contributed by atoms with Crippen molar-refractivity contribution in [1.82, 2.24) is 0 Å². The van der Waals surface area contributed by atoms with Crippen molar-refractivity contribution in [3.05, 3.63) is 28.2 Å². The van der Waals surface area contributed by atoms with Crippen LogP contribution in [0, 0.1) is 57.2 Å². The van der Waals surface area contributed by atoms with E-state index >= 15 is 0 Å². The molecule has 5 heteroatoms. The highest BCUT2D eigenvalue weighted by atomic mass is 79.9. The van der Waals surface area contributed by atoms with Crippen molar-refractivity contribution in [2.75, 3.05) is 7.11 Å². The first-order valence-corrected chi connectivity index (χ1v) is 11.0. The fourth-order valence-electron chi connectivity index (χ4n) is 7.12. The second-order valence-corrected chi connectivity index (χ2v) is 10.4. The SMILES string of the molecule is COc1ccc([C@@H]2[C@H](C(=O)C34CC5CC(CC(C5)C3)C4)C2(C#N)C#N)cc1Br. The van der Waals surface area contributed by atoms with Gasteiger partial charge >= 0.3 is 0 Å². The van der Waals surface area contributed by atoms with Gasteiger partial charge in [-0.2, -0.15) is 10.5 Å². The number of methoxy groups -OCH3 is 1. The molecule has 5 fully saturated rings. The zero-order valence-electron chi connectivity index (χ0n) is 16.0. The number of nitriles is 2. The number of hydrogen-bond donors (Lipinski definition) is 0. The molecule has 0 heterocycles. The van der Waals surface area contributed by atoms with Crippen molar-refractivity contribution in [3.63, 3.8) is 0 Å². The Morgan fingerprint density at radius 3 is 2.14 bits per heavy atom. The minimum Gasteiger partial charge on any atom is -0.496 e. The molecular weight excluding hydrogens is 416 g/mol. The predicted octanol–water partition coefficient (Wildman–Crippen LogP) is 4.99. The molecule has 2 atom stereocenters. The van der Waals surface area contributed by atoms with Gasteiger partial charge in [-0.05, 0) is 89.9 Å². The molecule has 5 aliphatic carbocycles. The van der Waals surface area contributed by atoms with Crippen molar-refractivity contribution in [2.45, 2.75) is 44.4 Å².